The maximum Gasteiger partial charge on any atom is 0.194 e. The second-order valence-electron chi connectivity index (χ2n) is 4.82. The van der Waals surface area contributed by atoms with Gasteiger partial charge in [-0.05, 0) is 18.5 Å². The van der Waals surface area contributed by atoms with Gasteiger partial charge in [0.1, 0.15) is 11.6 Å². The third-order valence-corrected chi connectivity index (χ3v) is 3.83. The predicted octanol–water partition coefficient (Wildman–Crippen LogP) is 2.01. The number of fused-ring (bicyclic) bond motifs is 1. The average molecular weight is 301 g/mol. The standard InChI is InChI=1S/C11H16N6S.ClH/c1-6(2)8-13-11(18-16-8)10-15-14-9-7(3)12-4-5-17(9)10;/h6-7,12H,4-5H2,1-3H3;1H. The molecular weight excluding hydrogens is 284 g/mol. The minimum Gasteiger partial charge on any atom is -0.306 e. The van der Waals surface area contributed by atoms with Gasteiger partial charge in [-0.2, -0.15) is 4.37 Å². The molecule has 0 bridgehead atoms. The summed E-state index contributed by atoms with van der Waals surface area (Å²) in [6.07, 6.45) is 0. The Hall–Kier alpha value is -1.05. The topological polar surface area (TPSA) is 68.5 Å². The zero-order chi connectivity index (χ0) is 12.7. The van der Waals surface area contributed by atoms with Gasteiger partial charge in [-0.1, -0.05) is 13.8 Å². The van der Waals surface area contributed by atoms with Crippen LogP contribution in [-0.4, -0.2) is 30.7 Å². The molecule has 0 amide bonds. The van der Waals surface area contributed by atoms with Crippen LogP contribution in [0.15, 0.2) is 0 Å². The van der Waals surface area contributed by atoms with Crippen molar-refractivity contribution in [3.63, 3.8) is 0 Å². The third-order valence-electron chi connectivity index (χ3n) is 3.10. The third kappa shape index (κ3) is 2.50. The first-order valence-corrected chi connectivity index (χ1v) is 6.94. The van der Waals surface area contributed by atoms with Crippen molar-refractivity contribution in [1.29, 1.82) is 0 Å². The van der Waals surface area contributed by atoms with Crippen molar-refractivity contribution in [2.75, 3.05) is 6.54 Å². The number of nitrogens with one attached hydrogen (secondary N) is 1. The Labute approximate surface area is 122 Å². The molecule has 3 rings (SSSR count). The lowest BCUT2D eigenvalue weighted by atomic mass is 10.2. The van der Waals surface area contributed by atoms with E-state index in [1.807, 2.05) is 0 Å². The fraction of sp³-hybridized carbons (Fsp3) is 0.636. The van der Waals surface area contributed by atoms with E-state index in [-0.39, 0.29) is 18.4 Å². The Morgan fingerprint density at radius 3 is 2.84 bits per heavy atom. The number of hydrogen-bond donors (Lipinski definition) is 1. The normalized spacial score (nSPS) is 18.2. The molecule has 0 aromatic carbocycles. The largest absolute Gasteiger partial charge is 0.306 e. The van der Waals surface area contributed by atoms with Crippen LogP contribution in [-0.2, 0) is 6.54 Å². The van der Waals surface area contributed by atoms with Crippen molar-refractivity contribution in [3.05, 3.63) is 11.6 Å². The average Bonchev–Trinajstić information content (AvgIpc) is 2.94. The molecule has 0 saturated carbocycles. The maximum atomic E-state index is 4.55. The second kappa shape index (κ2) is 5.52. The lowest BCUT2D eigenvalue weighted by Crippen LogP contribution is -2.32. The Morgan fingerprint density at radius 1 is 1.37 bits per heavy atom. The van der Waals surface area contributed by atoms with E-state index in [1.54, 1.807) is 0 Å². The molecule has 1 aliphatic heterocycles. The molecular formula is C11H17ClN6S. The molecule has 0 aliphatic carbocycles. The molecule has 1 aliphatic rings. The van der Waals surface area contributed by atoms with Crippen LogP contribution < -0.4 is 5.32 Å². The van der Waals surface area contributed by atoms with E-state index in [2.05, 4.69) is 50.2 Å². The molecule has 8 heteroatoms. The summed E-state index contributed by atoms with van der Waals surface area (Å²) >= 11 is 1.40. The predicted molar refractivity (Wildman–Crippen MR) is 76.7 cm³/mol. The van der Waals surface area contributed by atoms with E-state index >= 15 is 0 Å². The number of rotatable bonds is 2. The molecule has 6 nitrogen and oxygen atoms in total. The summed E-state index contributed by atoms with van der Waals surface area (Å²) in [4.78, 5) is 4.55. The van der Waals surface area contributed by atoms with E-state index in [0.29, 0.717) is 5.92 Å². The minimum absolute atomic E-state index is 0. The van der Waals surface area contributed by atoms with E-state index in [4.69, 9.17) is 0 Å². The van der Waals surface area contributed by atoms with Crippen LogP contribution in [0.2, 0.25) is 0 Å². The highest BCUT2D eigenvalue weighted by atomic mass is 35.5. The van der Waals surface area contributed by atoms with Gasteiger partial charge in [0.05, 0.1) is 6.04 Å². The van der Waals surface area contributed by atoms with Gasteiger partial charge in [-0.25, -0.2) is 4.98 Å². The van der Waals surface area contributed by atoms with Gasteiger partial charge in [-0.3, -0.25) is 0 Å². The Bertz CT molecular complexity index is 563. The number of nitrogens with zero attached hydrogens (tertiary/aromatic N) is 5. The smallest absolute Gasteiger partial charge is 0.194 e. The van der Waals surface area contributed by atoms with Crippen LogP contribution >= 0.6 is 23.9 Å². The zero-order valence-electron chi connectivity index (χ0n) is 11.1. The molecule has 0 saturated heterocycles. The van der Waals surface area contributed by atoms with Crippen LogP contribution in [0.3, 0.4) is 0 Å². The van der Waals surface area contributed by atoms with Crippen LogP contribution in [0.5, 0.6) is 0 Å². The molecule has 0 radical (unpaired) electrons. The highest BCUT2D eigenvalue weighted by Gasteiger charge is 2.24. The zero-order valence-corrected chi connectivity index (χ0v) is 12.8. The molecule has 0 spiro atoms. The fourth-order valence-electron chi connectivity index (χ4n) is 2.06. The number of halogens is 1. The summed E-state index contributed by atoms with van der Waals surface area (Å²) < 4.78 is 6.52. The van der Waals surface area contributed by atoms with Crippen molar-refractivity contribution in [2.45, 2.75) is 39.3 Å². The van der Waals surface area contributed by atoms with E-state index in [0.717, 1.165) is 35.6 Å². The first kappa shape index (κ1) is 14.4. The number of aromatic nitrogens is 5. The fourth-order valence-corrected chi connectivity index (χ4v) is 2.86. The van der Waals surface area contributed by atoms with Gasteiger partial charge < -0.3 is 9.88 Å². The van der Waals surface area contributed by atoms with Crippen LogP contribution in [0.25, 0.3) is 10.8 Å². The minimum atomic E-state index is 0. The highest BCUT2D eigenvalue weighted by molar-refractivity contribution is 7.09. The van der Waals surface area contributed by atoms with Gasteiger partial charge in [0.25, 0.3) is 0 Å². The molecule has 1 N–H and O–H groups in total. The lowest BCUT2D eigenvalue weighted by molar-refractivity contribution is 0.439. The molecule has 0 fully saturated rings. The maximum absolute atomic E-state index is 4.55. The van der Waals surface area contributed by atoms with Crippen molar-refractivity contribution in [2.24, 2.45) is 0 Å². The van der Waals surface area contributed by atoms with E-state index in [1.165, 1.54) is 11.5 Å². The molecule has 104 valence electrons. The van der Waals surface area contributed by atoms with E-state index in [9.17, 15) is 0 Å². The Kier molecular flexibility index (Phi) is 4.17. The Morgan fingerprint density at radius 2 is 2.16 bits per heavy atom. The summed E-state index contributed by atoms with van der Waals surface area (Å²) in [6, 6.07) is 0.248. The van der Waals surface area contributed by atoms with Crippen LogP contribution in [0.4, 0.5) is 0 Å². The molecule has 2 aromatic rings. The van der Waals surface area contributed by atoms with Crippen LogP contribution in [0, 0.1) is 0 Å². The first-order valence-electron chi connectivity index (χ1n) is 6.17. The molecule has 1 atom stereocenters. The molecule has 1 unspecified atom stereocenters. The summed E-state index contributed by atoms with van der Waals surface area (Å²) in [5, 5.41) is 12.8. The summed E-state index contributed by atoms with van der Waals surface area (Å²) in [5.74, 6) is 3.06. The molecule has 19 heavy (non-hydrogen) atoms. The van der Waals surface area contributed by atoms with Crippen molar-refractivity contribution >= 4 is 23.9 Å². The lowest BCUT2D eigenvalue weighted by Gasteiger charge is -2.21. The second-order valence-corrected chi connectivity index (χ2v) is 5.57. The number of hydrogen-bond acceptors (Lipinski definition) is 6. The van der Waals surface area contributed by atoms with Crippen molar-refractivity contribution in [3.8, 4) is 10.8 Å². The summed E-state index contributed by atoms with van der Waals surface area (Å²) in [7, 11) is 0. The Balaban J connectivity index is 0.00000133. The summed E-state index contributed by atoms with van der Waals surface area (Å²) in [5.41, 5.74) is 0. The van der Waals surface area contributed by atoms with Gasteiger partial charge in [-0.15, -0.1) is 22.6 Å². The SMILES string of the molecule is CC(C)c1nsc(-c2nnc3n2CCNC3C)n1.Cl. The monoisotopic (exact) mass is 300 g/mol. The molecule has 2 aromatic heterocycles. The van der Waals surface area contributed by atoms with Crippen molar-refractivity contribution in [1.82, 2.24) is 29.4 Å². The van der Waals surface area contributed by atoms with Gasteiger partial charge in [0.2, 0.25) is 0 Å². The first-order chi connectivity index (χ1) is 8.66. The van der Waals surface area contributed by atoms with Gasteiger partial charge >= 0.3 is 0 Å². The summed E-state index contributed by atoms with van der Waals surface area (Å²) in [6.45, 7) is 8.12. The molecule has 3 heterocycles. The highest BCUT2D eigenvalue weighted by Crippen LogP contribution is 2.26. The van der Waals surface area contributed by atoms with Crippen molar-refractivity contribution < 1.29 is 0 Å². The van der Waals surface area contributed by atoms with Crippen LogP contribution in [0.1, 0.15) is 44.4 Å². The van der Waals surface area contributed by atoms with E-state index < -0.39 is 0 Å². The quantitative estimate of drug-likeness (QED) is 0.919. The van der Waals surface area contributed by atoms with Gasteiger partial charge in [0, 0.05) is 19.0 Å². The van der Waals surface area contributed by atoms with Gasteiger partial charge in [0.15, 0.2) is 10.8 Å².